The van der Waals surface area contributed by atoms with Crippen LogP contribution in [0.25, 0.3) is 0 Å². The first-order chi connectivity index (χ1) is 8.58. The van der Waals surface area contributed by atoms with Crippen molar-refractivity contribution in [2.24, 2.45) is 5.73 Å². The van der Waals surface area contributed by atoms with Crippen molar-refractivity contribution in [1.29, 1.82) is 0 Å². The van der Waals surface area contributed by atoms with Crippen molar-refractivity contribution in [2.75, 3.05) is 13.1 Å². The van der Waals surface area contributed by atoms with Crippen molar-refractivity contribution in [1.82, 2.24) is 10.2 Å². The van der Waals surface area contributed by atoms with Crippen molar-refractivity contribution in [3.63, 3.8) is 0 Å². The summed E-state index contributed by atoms with van der Waals surface area (Å²) < 4.78 is 0. The van der Waals surface area contributed by atoms with E-state index in [1.807, 2.05) is 0 Å². The van der Waals surface area contributed by atoms with Crippen LogP contribution >= 0.6 is 11.3 Å². The molecule has 1 aliphatic heterocycles. The summed E-state index contributed by atoms with van der Waals surface area (Å²) in [5, 5.41) is 4.20. The van der Waals surface area contributed by atoms with E-state index in [-0.39, 0.29) is 5.91 Å². The number of fused-ring (bicyclic) bond motifs is 1. The summed E-state index contributed by atoms with van der Waals surface area (Å²) in [5.74, 6) is -0.314. The summed E-state index contributed by atoms with van der Waals surface area (Å²) >= 11 is 1.80. The maximum Gasteiger partial charge on any atom is 0.318 e. The molecule has 1 aromatic heterocycles. The summed E-state index contributed by atoms with van der Waals surface area (Å²) in [5.41, 5.74) is 6.26. The predicted molar refractivity (Wildman–Crippen MR) is 70.4 cm³/mol. The van der Waals surface area contributed by atoms with E-state index >= 15 is 0 Å². The lowest BCUT2D eigenvalue weighted by molar-refractivity contribution is -0.120. The Morgan fingerprint density at radius 3 is 3.11 bits per heavy atom. The molecule has 2 rings (SSSR count). The molecule has 0 aliphatic carbocycles. The molecule has 1 aliphatic rings. The van der Waals surface area contributed by atoms with Crippen LogP contribution in [0.15, 0.2) is 11.4 Å². The molecule has 0 fully saturated rings. The van der Waals surface area contributed by atoms with Gasteiger partial charge in [0.05, 0.1) is 0 Å². The number of hydrogen-bond donors (Lipinski definition) is 2. The minimum absolute atomic E-state index is 0.298. The Kier molecular flexibility index (Phi) is 3.98. The highest BCUT2D eigenvalue weighted by atomic mass is 32.1. The Morgan fingerprint density at radius 2 is 2.39 bits per heavy atom. The Morgan fingerprint density at radius 1 is 1.61 bits per heavy atom. The van der Waals surface area contributed by atoms with Gasteiger partial charge in [0.1, 0.15) is 0 Å². The van der Waals surface area contributed by atoms with Gasteiger partial charge in [-0.15, -0.1) is 11.3 Å². The molecule has 18 heavy (non-hydrogen) atoms. The van der Waals surface area contributed by atoms with Gasteiger partial charge in [-0.3, -0.25) is 15.0 Å². The van der Waals surface area contributed by atoms with Crippen molar-refractivity contribution < 1.29 is 9.59 Å². The van der Waals surface area contributed by atoms with Crippen LogP contribution in [0.4, 0.5) is 4.79 Å². The lowest BCUT2D eigenvalue weighted by Crippen LogP contribution is -2.39. The summed E-state index contributed by atoms with van der Waals surface area (Å²) in [6.07, 6.45) is 1.33. The van der Waals surface area contributed by atoms with E-state index in [9.17, 15) is 9.59 Å². The maximum atomic E-state index is 11.4. The average Bonchev–Trinajstić information content (AvgIpc) is 2.76. The summed E-state index contributed by atoms with van der Waals surface area (Å²) in [6.45, 7) is 3.75. The zero-order chi connectivity index (χ0) is 13.1. The number of nitrogens with zero attached hydrogens (tertiary/aromatic N) is 1. The van der Waals surface area contributed by atoms with Gasteiger partial charge in [-0.1, -0.05) is 0 Å². The van der Waals surface area contributed by atoms with Crippen LogP contribution < -0.4 is 11.1 Å². The van der Waals surface area contributed by atoms with Gasteiger partial charge in [0.2, 0.25) is 5.91 Å². The number of imide groups is 1. The van der Waals surface area contributed by atoms with Crippen LogP contribution in [-0.2, 0) is 11.2 Å². The summed E-state index contributed by atoms with van der Waals surface area (Å²) in [4.78, 5) is 25.6. The van der Waals surface area contributed by atoms with Gasteiger partial charge >= 0.3 is 6.03 Å². The molecule has 0 saturated carbocycles. The smallest absolute Gasteiger partial charge is 0.318 e. The number of primary amides is 1. The number of carbonyl (C=O) groups is 2. The molecule has 0 spiro atoms. The lowest BCUT2D eigenvalue weighted by atomic mass is 10.0. The number of amides is 3. The van der Waals surface area contributed by atoms with Crippen LogP contribution in [0.5, 0.6) is 0 Å². The minimum Gasteiger partial charge on any atom is -0.351 e. The fourth-order valence-electron chi connectivity index (χ4n) is 2.31. The van der Waals surface area contributed by atoms with Gasteiger partial charge in [-0.05, 0) is 30.4 Å². The molecule has 5 nitrogen and oxygen atoms in total. The highest BCUT2D eigenvalue weighted by molar-refractivity contribution is 7.10. The van der Waals surface area contributed by atoms with E-state index in [4.69, 9.17) is 5.73 Å². The molecule has 6 heteroatoms. The third kappa shape index (κ3) is 2.88. The van der Waals surface area contributed by atoms with Gasteiger partial charge in [-0.25, -0.2) is 4.79 Å². The van der Waals surface area contributed by atoms with E-state index in [0.29, 0.717) is 19.0 Å². The van der Waals surface area contributed by atoms with E-state index in [0.717, 1.165) is 13.0 Å². The molecule has 0 radical (unpaired) electrons. The number of hydrogen-bond acceptors (Lipinski definition) is 4. The largest absolute Gasteiger partial charge is 0.351 e. The highest BCUT2D eigenvalue weighted by Gasteiger charge is 2.24. The number of thiophene rings is 1. The standard InChI is InChI=1S/C12H17N3O2S/c1-8-9-4-7-18-10(9)2-5-15(8)6-3-11(16)14-12(13)17/h4,7-8H,2-3,5-6H2,1H3,(H3,13,14,16,17)/t8-/m1/s1. The first-order valence-corrected chi connectivity index (χ1v) is 6.85. The normalized spacial score (nSPS) is 19.3. The zero-order valence-electron chi connectivity index (χ0n) is 10.3. The second-order valence-electron chi connectivity index (χ2n) is 4.42. The number of rotatable bonds is 3. The molecule has 0 unspecified atom stereocenters. The zero-order valence-corrected chi connectivity index (χ0v) is 11.1. The first-order valence-electron chi connectivity index (χ1n) is 5.97. The lowest BCUT2D eigenvalue weighted by Gasteiger charge is -2.33. The fourth-order valence-corrected chi connectivity index (χ4v) is 3.27. The van der Waals surface area contributed by atoms with E-state index in [1.165, 1.54) is 10.4 Å². The van der Waals surface area contributed by atoms with Crippen molar-refractivity contribution in [2.45, 2.75) is 25.8 Å². The van der Waals surface area contributed by atoms with Crippen LogP contribution in [-0.4, -0.2) is 29.9 Å². The van der Waals surface area contributed by atoms with Crippen LogP contribution in [0.1, 0.15) is 29.8 Å². The molecule has 98 valence electrons. The summed E-state index contributed by atoms with van der Waals surface area (Å²) in [7, 11) is 0. The quantitative estimate of drug-likeness (QED) is 0.865. The minimum atomic E-state index is -0.785. The molecule has 3 N–H and O–H groups in total. The average molecular weight is 267 g/mol. The monoisotopic (exact) mass is 267 g/mol. The second kappa shape index (κ2) is 5.49. The number of urea groups is 1. The molecule has 1 atom stereocenters. The molecular weight excluding hydrogens is 250 g/mol. The first kappa shape index (κ1) is 13.0. The Balaban J connectivity index is 1.88. The van der Waals surface area contributed by atoms with Crippen molar-refractivity contribution in [3.05, 3.63) is 21.9 Å². The van der Waals surface area contributed by atoms with Gasteiger partial charge in [0.25, 0.3) is 0 Å². The molecule has 1 aromatic rings. The van der Waals surface area contributed by atoms with E-state index < -0.39 is 6.03 Å². The molecule has 2 heterocycles. The van der Waals surface area contributed by atoms with Gasteiger partial charge in [-0.2, -0.15) is 0 Å². The SMILES string of the molecule is C[C@@H]1c2ccsc2CCN1CCC(=O)NC(N)=O. The second-order valence-corrected chi connectivity index (χ2v) is 5.42. The molecule has 0 bridgehead atoms. The molecule has 0 saturated heterocycles. The molecule has 0 aromatic carbocycles. The maximum absolute atomic E-state index is 11.4. The van der Waals surface area contributed by atoms with Crippen LogP contribution in [0, 0.1) is 0 Å². The Labute approximate surface area is 110 Å². The fraction of sp³-hybridized carbons (Fsp3) is 0.500. The number of nitrogens with two attached hydrogens (primary N) is 1. The summed E-state index contributed by atoms with van der Waals surface area (Å²) in [6, 6.07) is 1.70. The van der Waals surface area contributed by atoms with Crippen molar-refractivity contribution >= 4 is 23.3 Å². The number of carbonyl (C=O) groups excluding carboxylic acids is 2. The molecule has 3 amide bonds. The number of nitrogens with one attached hydrogen (secondary N) is 1. The van der Waals surface area contributed by atoms with Crippen molar-refractivity contribution in [3.8, 4) is 0 Å². The topological polar surface area (TPSA) is 75.4 Å². The van der Waals surface area contributed by atoms with E-state index in [1.54, 1.807) is 11.3 Å². The van der Waals surface area contributed by atoms with Crippen LogP contribution in [0.2, 0.25) is 0 Å². The molecular formula is C12H17N3O2S. The predicted octanol–water partition coefficient (Wildman–Crippen LogP) is 1.25. The van der Waals surface area contributed by atoms with E-state index in [2.05, 4.69) is 28.6 Å². The van der Waals surface area contributed by atoms with Crippen LogP contribution in [0.3, 0.4) is 0 Å². The third-order valence-corrected chi connectivity index (χ3v) is 4.29. The Bertz CT molecular complexity index is 458. The Hall–Kier alpha value is -1.40. The van der Waals surface area contributed by atoms with Gasteiger partial charge < -0.3 is 5.73 Å². The van der Waals surface area contributed by atoms with Gasteiger partial charge in [0.15, 0.2) is 0 Å². The third-order valence-electron chi connectivity index (χ3n) is 3.29. The highest BCUT2D eigenvalue weighted by Crippen LogP contribution is 2.32. The van der Waals surface area contributed by atoms with Gasteiger partial charge in [0, 0.05) is 30.4 Å².